The third-order valence-electron chi connectivity index (χ3n) is 4.79. The molecule has 2 aromatic rings. The second kappa shape index (κ2) is 8.19. The molecule has 1 aliphatic heterocycles. The van der Waals surface area contributed by atoms with Gasteiger partial charge >= 0.3 is 0 Å². The molecular formula is C20H23FN2O3S. The van der Waals surface area contributed by atoms with E-state index in [4.69, 9.17) is 0 Å². The molecule has 1 fully saturated rings. The van der Waals surface area contributed by atoms with Crippen molar-refractivity contribution in [2.45, 2.75) is 37.0 Å². The summed E-state index contributed by atoms with van der Waals surface area (Å²) < 4.78 is 40.9. The Hall–Kier alpha value is -2.25. The molecule has 1 saturated heterocycles. The molecule has 1 heterocycles. The van der Waals surface area contributed by atoms with Crippen LogP contribution in [0.2, 0.25) is 0 Å². The summed E-state index contributed by atoms with van der Waals surface area (Å²) in [6, 6.07) is 12.5. The van der Waals surface area contributed by atoms with Gasteiger partial charge in [-0.15, -0.1) is 0 Å². The van der Waals surface area contributed by atoms with Crippen LogP contribution >= 0.6 is 0 Å². The number of hydrogen-bond donors (Lipinski definition) is 1. The average molecular weight is 390 g/mol. The van der Waals surface area contributed by atoms with Crippen molar-refractivity contribution in [2.24, 2.45) is 0 Å². The molecular weight excluding hydrogens is 367 g/mol. The van der Waals surface area contributed by atoms with Gasteiger partial charge in [0, 0.05) is 25.7 Å². The van der Waals surface area contributed by atoms with Gasteiger partial charge in [-0.25, -0.2) is 12.8 Å². The third kappa shape index (κ3) is 4.73. The second-order valence-corrected chi connectivity index (χ2v) is 8.75. The summed E-state index contributed by atoms with van der Waals surface area (Å²) in [5, 5.41) is 2.63. The van der Waals surface area contributed by atoms with Crippen molar-refractivity contribution >= 4 is 21.6 Å². The van der Waals surface area contributed by atoms with Crippen molar-refractivity contribution in [3.63, 3.8) is 0 Å². The zero-order valence-corrected chi connectivity index (χ0v) is 16.0. The number of hydrogen-bond acceptors (Lipinski definition) is 3. The van der Waals surface area contributed by atoms with E-state index >= 15 is 0 Å². The lowest BCUT2D eigenvalue weighted by atomic mass is 9.95. The number of rotatable bonds is 4. The van der Waals surface area contributed by atoms with Gasteiger partial charge in [0.2, 0.25) is 15.9 Å². The fraction of sp³-hybridized carbons (Fsp3) is 0.350. The van der Waals surface area contributed by atoms with Crippen LogP contribution in [-0.2, 0) is 14.8 Å². The number of anilines is 1. The molecule has 0 radical (unpaired) electrons. The molecule has 2 aromatic carbocycles. The van der Waals surface area contributed by atoms with Gasteiger partial charge in [0.1, 0.15) is 5.82 Å². The number of nitrogens with zero attached hydrogens (tertiary/aromatic N) is 1. The molecule has 27 heavy (non-hydrogen) atoms. The van der Waals surface area contributed by atoms with Crippen LogP contribution in [0.25, 0.3) is 0 Å². The minimum atomic E-state index is -3.63. The molecule has 0 aromatic heterocycles. The Morgan fingerprint density at radius 3 is 2.37 bits per heavy atom. The monoisotopic (exact) mass is 390 g/mol. The first-order chi connectivity index (χ1) is 12.9. The molecule has 1 aliphatic rings. The molecule has 3 rings (SSSR count). The molecule has 1 atom stereocenters. The number of sulfonamides is 1. The quantitative estimate of drug-likeness (QED) is 0.865. The standard InChI is InChI=1S/C20H23FN2O3S/c1-15(24)22-19-9-11-20(12-10-19)27(25,26)23-13-3-2-4-17(14-23)16-5-7-18(21)8-6-16/h5-12,17H,2-4,13-14H2,1H3,(H,22,24). The van der Waals surface area contributed by atoms with E-state index in [9.17, 15) is 17.6 Å². The Balaban J connectivity index is 1.81. The van der Waals surface area contributed by atoms with Gasteiger partial charge < -0.3 is 5.32 Å². The van der Waals surface area contributed by atoms with Crippen molar-refractivity contribution in [3.05, 3.63) is 59.9 Å². The van der Waals surface area contributed by atoms with Gasteiger partial charge in [0.05, 0.1) is 4.90 Å². The highest BCUT2D eigenvalue weighted by molar-refractivity contribution is 7.89. The average Bonchev–Trinajstić information content (AvgIpc) is 2.89. The summed E-state index contributed by atoms with van der Waals surface area (Å²) in [5.41, 5.74) is 1.51. The van der Waals surface area contributed by atoms with Crippen LogP contribution in [0, 0.1) is 5.82 Å². The molecule has 5 nitrogen and oxygen atoms in total. The van der Waals surface area contributed by atoms with Crippen LogP contribution in [0.5, 0.6) is 0 Å². The molecule has 1 unspecified atom stereocenters. The van der Waals surface area contributed by atoms with Crippen LogP contribution in [0.4, 0.5) is 10.1 Å². The maximum absolute atomic E-state index is 13.2. The Kier molecular flexibility index (Phi) is 5.92. The lowest BCUT2D eigenvalue weighted by Gasteiger charge is -2.24. The number of amides is 1. The van der Waals surface area contributed by atoms with E-state index in [1.807, 2.05) is 0 Å². The highest BCUT2D eigenvalue weighted by Crippen LogP contribution is 2.30. The van der Waals surface area contributed by atoms with Crippen LogP contribution < -0.4 is 5.32 Å². The van der Waals surface area contributed by atoms with E-state index < -0.39 is 10.0 Å². The van der Waals surface area contributed by atoms with Crippen molar-refractivity contribution in [2.75, 3.05) is 18.4 Å². The topological polar surface area (TPSA) is 66.5 Å². The zero-order valence-electron chi connectivity index (χ0n) is 15.2. The molecule has 0 aliphatic carbocycles. The molecule has 1 amide bonds. The van der Waals surface area contributed by atoms with Crippen molar-refractivity contribution in [1.29, 1.82) is 0 Å². The Morgan fingerprint density at radius 1 is 1.07 bits per heavy atom. The highest BCUT2D eigenvalue weighted by atomic mass is 32.2. The second-order valence-electron chi connectivity index (χ2n) is 6.81. The Bertz CT molecular complexity index is 896. The number of nitrogens with one attached hydrogen (secondary N) is 1. The van der Waals surface area contributed by atoms with E-state index in [-0.39, 0.29) is 22.5 Å². The summed E-state index contributed by atoms with van der Waals surface area (Å²) in [5.74, 6) is -0.460. The van der Waals surface area contributed by atoms with Gasteiger partial charge in [-0.1, -0.05) is 18.6 Å². The SMILES string of the molecule is CC(=O)Nc1ccc(S(=O)(=O)N2CCCCC(c3ccc(F)cc3)C2)cc1. The van der Waals surface area contributed by atoms with Gasteiger partial charge in [0.15, 0.2) is 0 Å². The van der Waals surface area contributed by atoms with Crippen molar-refractivity contribution in [3.8, 4) is 0 Å². The molecule has 0 saturated carbocycles. The maximum atomic E-state index is 13.2. The molecule has 1 N–H and O–H groups in total. The van der Waals surface area contributed by atoms with Gasteiger partial charge in [-0.05, 0) is 60.7 Å². The minimum Gasteiger partial charge on any atom is -0.326 e. The van der Waals surface area contributed by atoms with E-state index in [0.29, 0.717) is 18.8 Å². The normalized spacial score (nSPS) is 18.7. The highest BCUT2D eigenvalue weighted by Gasteiger charge is 2.29. The number of carbonyl (C=O) groups is 1. The Morgan fingerprint density at radius 2 is 1.74 bits per heavy atom. The summed E-state index contributed by atoms with van der Waals surface area (Å²) in [6.45, 7) is 2.24. The number of carbonyl (C=O) groups excluding carboxylic acids is 1. The van der Waals surface area contributed by atoms with Crippen LogP contribution in [0.15, 0.2) is 53.4 Å². The molecule has 0 bridgehead atoms. The summed E-state index contributed by atoms with van der Waals surface area (Å²) in [7, 11) is -3.63. The van der Waals surface area contributed by atoms with E-state index in [0.717, 1.165) is 24.8 Å². The van der Waals surface area contributed by atoms with Gasteiger partial charge in [0.25, 0.3) is 0 Å². The van der Waals surface area contributed by atoms with E-state index in [1.165, 1.54) is 35.5 Å². The largest absolute Gasteiger partial charge is 0.326 e. The van der Waals surface area contributed by atoms with Crippen molar-refractivity contribution in [1.82, 2.24) is 4.31 Å². The van der Waals surface area contributed by atoms with Gasteiger partial charge in [-0.3, -0.25) is 4.79 Å². The fourth-order valence-corrected chi connectivity index (χ4v) is 4.92. The Labute approximate surface area is 159 Å². The first-order valence-electron chi connectivity index (χ1n) is 8.99. The predicted molar refractivity (Wildman–Crippen MR) is 102 cm³/mol. The first-order valence-corrected chi connectivity index (χ1v) is 10.4. The van der Waals surface area contributed by atoms with Crippen LogP contribution in [0.3, 0.4) is 0 Å². The predicted octanol–water partition coefficient (Wildman–Crippen LogP) is 3.74. The first kappa shape index (κ1) is 19.5. The molecule has 0 spiro atoms. The smallest absolute Gasteiger partial charge is 0.243 e. The maximum Gasteiger partial charge on any atom is 0.243 e. The lowest BCUT2D eigenvalue weighted by Crippen LogP contribution is -2.34. The third-order valence-corrected chi connectivity index (χ3v) is 6.67. The summed E-state index contributed by atoms with van der Waals surface area (Å²) in [6.07, 6.45) is 2.59. The summed E-state index contributed by atoms with van der Waals surface area (Å²) in [4.78, 5) is 11.3. The number of benzene rings is 2. The van der Waals surface area contributed by atoms with Crippen molar-refractivity contribution < 1.29 is 17.6 Å². The molecule has 7 heteroatoms. The lowest BCUT2D eigenvalue weighted by molar-refractivity contribution is -0.114. The minimum absolute atomic E-state index is 0.0431. The van der Waals surface area contributed by atoms with E-state index in [2.05, 4.69) is 5.32 Å². The number of halogens is 1. The van der Waals surface area contributed by atoms with E-state index in [1.54, 1.807) is 24.3 Å². The fourth-order valence-electron chi connectivity index (χ4n) is 3.40. The van der Waals surface area contributed by atoms with Crippen LogP contribution in [-0.4, -0.2) is 31.7 Å². The zero-order chi connectivity index (χ0) is 19.4. The van der Waals surface area contributed by atoms with Crippen LogP contribution in [0.1, 0.15) is 37.7 Å². The van der Waals surface area contributed by atoms with Gasteiger partial charge in [-0.2, -0.15) is 4.31 Å². The summed E-state index contributed by atoms with van der Waals surface area (Å²) >= 11 is 0. The molecule has 144 valence electrons.